The highest BCUT2D eigenvalue weighted by Crippen LogP contribution is 2.29. The van der Waals surface area contributed by atoms with Crippen LogP contribution < -0.4 is 4.74 Å². The molecule has 1 amide bonds. The van der Waals surface area contributed by atoms with E-state index in [0.29, 0.717) is 11.8 Å². The lowest BCUT2D eigenvalue weighted by Gasteiger charge is -2.30. The maximum Gasteiger partial charge on any atom is 0.414 e. The van der Waals surface area contributed by atoms with E-state index < -0.39 is 0 Å². The Morgan fingerprint density at radius 1 is 0.812 bits per heavy atom. The van der Waals surface area contributed by atoms with Crippen LogP contribution in [0.5, 0.6) is 5.75 Å². The molecule has 1 aromatic rings. The number of amides is 1. The lowest BCUT2D eigenvalue weighted by atomic mass is 9.97. The van der Waals surface area contributed by atoms with Gasteiger partial charge in [-0.05, 0) is 37.2 Å². The molecule has 0 aliphatic rings. The third-order valence-electron chi connectivity index (χ3n) is 6.40. The topological polar surface area (TPSA) is 32.8 Å². The first-order valence-corrected chi connectivity index (χ1v) is 13.3. The molecule has 0 saturated carbocycles. The van der Waals surface area contributed by atoms with Crippen molar-refractivity contribution in [1.82, 2.24) is 9.80 Å². The highest BCUT2D eigenvalue weighted by atomic mass is 16.6. The van der Waals surface area contributed by atoms with Gasteiger partial charge in [0.2, 0.25) is 0 Å². The first-order valence-electron chi connectivity index (χ1n) is 13.3. The molecular formula is C28H50N2O2. The smallest absolute Gasteiger partial charge is 0.410 e. The second-order valence-electron chi connectivity index (χ2n) is 9.25. The zero-order valence-electron chi connectivity index (χ0n) is 21.7. The zero-order valence-corrected chi connectivity index (χ0v) is 21.7. The van der Waals surface area contributed by atoms with Gasteiger partial charge in [0.25, 0.3) is 0 Å². The minimum atomic E-state index is -0.331. The third kappa shape index (κ3) is 11.9. The van der Waals surface area contributed by atoms with Crippen molar-refractivity contribution in [2.75, 3.05) is 27.2 Å². The molecule has 0 spiro atoms. The van der Waals surface area contributed by atoms with E-state index in [0.717, 1.165) is 19.5 Å². The average molecular weight is 447 g/mol. The van der Waals surface area contributed by atoms with Crippen molar-refractivity contribution in [2.24, 2.45) is 0 Å². The van der Waals surface area contributed by atoms with Crippen LogP contribution in [0.2, 0.25) is 0 Å². The van der Waals surface area contributed by atoms with Gasteiger partial charge in [-0.1, -0.05) is 110 Å². The van der Waals surface area contributed by atoms with E-state index in [1.165, 1.54) is 87.5 Å². The zero-order chi connectivity index (χ0) is 23.6. The van der Waals surface area contributed by atoms with E-state index in [9.17, 15) is 4.79 Å². The summed E-state index contributed by atoms with van der Waals surface area (Å²) in [6, 6.07) is 8.48. The molecule has 0 saturated heterocycles. The highest BCUT2D eigenvalue weighted by molar-refractivity contribution is 5.70. The molecule has 4 nitrogen and oxygen atoms in total. The average Bonchev–Trinajstić information content (AvgIpc) is 2.79. The van der Waals surface area contributed by atoms with Crippen LogP contribution in [0, 0.1) is 0 Å². The number of hydrogen-bond donors (Lipinski definition) is 0. The second kappa shape index (κ2) is 17.9. The minimum Gasteiger partial charge on any atom is -0.410 e. The molecule has 1 unspecified atom stereocenters. The monoisotopic (exact) mass is 446 g/mol. The molecule has 0 heterocycles. The van der Waals surface area contributed by atoms with Gasteiger partial charge in [0.15, 0.2) is 0 Å². The van der Waals surface area contributed by atoms with Crippen molar-refractivity contribution in [3.8, 4) is 5.75 Å². The van der Waals surface area contributed by atoms with Gasteiger partial charge >= 0.3 is 6.09 Å². The molecule has 184 valence electrons. The molecule has 1 atom stereocenters. The summed E-state index contributed by atoms with van der Waals surface area (Å²) in [5.74, 6) is 0.632. The molecular weight excluding hydrogens is 396 g/mol. The van der Waals surface area contributed by atoms with E-state index in [1.807, 2.05) is 18.2 Å². The Labute approximate surface area is 198 Å². The molecule has 0 aliphatic carbocycles. The van der Waals surface area contributed by atoms with E-state index in [4.69, 9.17) is 4.74 Å². The fourth-order valence-corrected chi connectivity index (χ4v) is 4.38. The molecule has 0 fully saturated rings. The number of ether oxygens (including phenoxy) is 1. The van der Waals surface area contributed by atoms with Gasteiger partial charge in [-0.2, -0.15) is 0 Å². The quantitative estimate of drug-likeness (QED) is 0.213. The lowest BCUT2D eigenvalue weighted by Crippen LogP contribution is -2.29. The second-order valence-corrected chi connectivity index (χ2v) is 9.25. The summed E-state index contributed by atoms with van der Waals surface area (Å²) >= 11 is 0. The standard InChI is InChI=1S/C28H50N2O2/c1-6-9-10-11-12-13-14-15-16-17-18-19-23-27(30(7-2)8-3)25-21-20-22-26(24-25)32-28(31)29(4)5/h20-22,24,27H,6-19,23H2,1-5H3. The van der Waals surface area contributed by atoms with Crippen molar-refractivity contribution in [3.63, 3.8) is 0 Å². The van der Waals surface area contributed by atoms with Crippen LogP contribution in [0.25, 0.3) is 0 Å². The first-order chi connectivity index (χ1) is 15.5. The van der Waals surface area contributed by atoms with Gasteiger partial charge in [-0.15, -0.1) is 0 Å². The predicted octanol–water partition coefficient (Wildman–Crippen LogP) is 8.22. The summed E-state index contributed by atoms with van der Waals surface area (Å²) in [5.41, 5.74) is 1.25. The van der Waals surface area contributed by atoms with Crippen LogP contribution in [0.1, 0.15) is 116 Å². The number of carbonyl (C=O) groups excluding carboxylic acids is 1. The number of nitrogens with zero attached hydrogens (tertiary/aromatic N) is 2. The lowest BCUT2D eigenvalue weighted by molar-refractivity contribution is 0.171. The van der Waals surface area contributed by atoms with E-state index in [1.54, 1.807) is 14.1 Å². The minimum absolute atomic E-state index is 0.331. The fourth-order valence-electron chi connectivity index (χ4n) is 4.38. The van der Waals surface area contributed by atoms with Crippen molar-refractivity contribution in [1.29, 1.82) is 0 Å². The summed E-state index contributed by atoms with van der Waals surface area (Å²) in [5, 5.41) is 0. The first kappa shape index (κ1) is 28.5. The van der Waals surface area contributed by atoms with Crippen molar-refractivity contribution in [2.45, 2.75) is 110 Å². The van der Waals surface area contributed by atoms with E-state index in [-0.39, 0.29) is 6.09 Å². The Kier molecular flexibility index (Phi) is 16.0. The summed E-state index contributed by atoms with van der Waals surface area (Å²) in [6.07, 6.45) is 17.3. The number of benzene rings is 1. The Morgan fingerprint density at radius 3 is 1.84 bits per heavy atom. The molecule has 1 rings (SSSR count). The summed E-state index contributed by atoms with van der Waals surface area (Å²) in [7, 11) is 3.41. The summed E-state index contributed by atoms with van der Waals surface area (Å²) in [6.45, 7) is 8.80. The van der Waals surface area contributed by atoms with E-state index >= 15 is 0 Å². The molecule has 0 N–H and O–H groups in total. The number of unbranched alkanes of at least 4 members (excludes halogenated alkanes) is 11. The third-order valence-corrected chi connectivity index (χ3v) is 6.40. The summed E-state index contributed by atoms with van der Waals surface area (Å²) in [4.78, 5) is 15.9. The molecule has 0 aliphatic heterocycles. The number of hydrogen-bond acceptors (Lipinski definition) is 3. The van der Waals surface area contributed by atoms with E-state index in [2.05, 4.69) is 31.7 Å². The molecule has 0 radical (unpaired) electrons. The van der Waals surface area contributed by atoms with Crippen LogP contribution in [0.15, 0.2) is 24.3 Å². The van der Waals surface area contributed by atoms with Crippen LogP contribution in [-0.2, 0) is 0 Å². The summed E-state index contributed by atoms with van der Waals surface area (Å²) < 4.78 is 5.50. The SMILES string of the molecule is CCCCCCCCCCCCCCC(c1cccc(OC(=O)N(C)C)c1)N(CC)CC. The maximum absolute atomic E-state index is 11.9. The normalized spacial score (nSPS) is 12.2. The number of rotatable bonds is 18. The van der Waals surface area contributed by atoms with Crippen LogP contribution in [0.4, 0.5) is 4.79 Å². The Balaban J connectivity index is 2.42. The maximum atomic E-state index is 11.9. The van der Waals surface area contributed by atoms with Gasteiger partial charge < -0.3 is 9.64 Å². The van der Waals surface area contributed by atoms with Crippen LogP contribution in [-0.4, -0.2) is 43.1 Å². The number of carbonyl (C=O) groups is 1. The Morgan fingerprint density at radius 2 is 1.34 bits per heavy atom. The molecule has 32 heavy (non-hydrogen) atoms. The van der Waals surface area contributed by atoms with Gasteiger partial charge in [0, 0.05) is 20.1 Å². The molecule has 0 bridgehead atoms. The largest absolute Gasteiger partial charge is 0.414 e. The van der Waals surface area contributed by atoms with Crippen LogP contribution in [0.3, 0.4) is 0 Å². The van der Waals surface area contributed by atoms with Gasteiger partial charge in [0.05, 0.1) is 0 Å². The van der Waals surface area contributed by atoms with Crippen molar-refractivity contribution in [3.05, 3.63) is 29.8 Å². The van der Waals surface area contributed by atoms with Crippen LogP contribution >= 0.6 is 0 Å². The van der Waals surface area contributed by atoms with Gasteiger partial charge in [0.1, 0.15) is 5.75 Å². The Hall–Kier alpha value is -1.55. The van der Waals surface area contributed by atoms with Gasteiger partial charge in [-0.3, -0.25) is 4.90 Å². The fraction of sp³-hybridized carbons (Fsp3) is 0.750. The highest BCUT2D eigenvalue weighted by Gasteiger charge is 2.19. The van der Waals surface area contributed by atoms with Crippen molar-refractivity contribution >= 4 is 6.09 Å². The Bertz CT molecular complexity index is 599. The molecule has 4 heteroatoms. The van der Waals surface area contributed by atoms with Crippen molar-refractivity contribution < 1.29 is 9.53 Å². The molecule has 0 aromatic heterocycles. The van der Waals surface area contributed by atoms with Gasteiger partial charge in [-0.25, -0.2) is 4.79 Å². The molecule has 1 aromatic carbocycles. The predicted molar refractivity (Wildman–Crippen MR) is 138 cm³/mol.